The Morgan fingerprint density at radius 1 is 1.13 bits per heavy atom. The van der Waals surface area contributed by atoms with Crippen molar-refractivity contribution in [2.24, 2.45) is 0 Å². The van der Waals surface area contributed by atoms with E-state index in [-0.39, 0.29) is 23.7 Å². The standard InChI is InChI=1S/C19H30O4/c1-3-4-5-6-7-8-9-10-16(20)14-18(22)15-11-12-17(21)19(13-15)23-2/h11-13,16,20-21H,3-10,14H2,1-2H3. The lowest BCUT2D eigenvalue weighted by atomic mass is 10.0. The largest absolute Gasteiger partial charge is 0.504 e. The molecule has 1 rings (SSSR count). The molecule has 0 fully saturated rings. The average molecular weight is 322 g/mol. The van der Waals surface area contributed by atoms with Crippen molar-refractivity contribution >= 4 is 5.78 Å². The molecule has 0 saturated carbocycles. The van der Waals surface area contributed by atoms with E-state index in [1.807, 2.05) is 0 Å². The lowest BCUT2D eigenvalue weighted by Gasteiger charge is -2.11. The van der Waals surface area contributed by atoms with E-state index in [1.165, 1.54) is 51.3 Å². The second-order valence-electron chi connectivity index (χ2n) is 6.08. The summed E-state index contributed by atoms with van der Waals surface area (Å²) < 4.78 is 5.00. The second-order valence-corrected chi connectivity index (χ2v) is 6.08. The van der Waals surface area contributed by atoms with E-state index in [2.05, 4.69) is 6.92 Å². The van der Waals surface area contributed by atoms with Gasteiger partial charge in [0, 0.05) is 12.0 Å². The Labute approximate surface area is 139 Å². The van der Waals surface area contributed by atoms with Crippen LogP contribution in [0.3, 0.4) is 0 Å². The molecule has 0 heterocycles. The topological polar surface area (TPSA) is 66.8 Å². The van der Waals surface area contributed by atoms with Crippen molar-refractivity contribution in [3.8, 4) is 11.5 Å². The predicted molar refractivity (Wildman–Crippen MR) is 92.2 cm³/mol. The lowest BCUT2D eigenvalue weighted by Crippen LogP contribution is -2.13. The van der Waals surface area contributed by atoms with Crippen LogP contribution in [-0.4, -0.2) is 29.2 Å². The summed E-state index contributed by atoms with van der Waals surface area (Å²) in [5.41, 5.74) is 0.457. The third-order valence-corrected chi connectivity index (χ3v) is 4.06. The molecule has 0 aliphatic heterocycles. The molecule has 1 atom stereocenters. The van der Waals surface area contributed by atoms with Crippen molar-refractivity contribution in [3.05, 3.63) is 23.8 Å². The van der Waals surface area contributed by atoms with E-state index in [0.29, 0.717) is 12.0 Å². The SMILES string of the molecule is CCCCCCCCCC(O)CC(=O)c1ccc(O)c(OC)c1. The van der Waals surface area contributed by atoms with Gasteiger partial charge in [-0.1, -0.05) is 51.9 Å². The normalized spacial score (nSPS) is 12.1. The highest BCUT2D eigenvalue weighted by Gasteiger charge is 2.14. The number of carbonyl (C=O) groups excluding carboxylic acids is 1. The zero-order chi connectivity index (χ0) is 17.1. The van der Waals surface area contributed by atoms with E-state index < -0.39 is 6.10 Å². The van der Waals surface area contributed by atoms with E-state index in [9.17, 15) is 15.0 Å². The van der Waals surface area contributed by atoms with Gasteiger partial charge in [0.15, 0.2) is 17.3 Å². The van der Waals surface area contributed by atoms with Gasteiger partial charge >= 0.3 is 0 Å². The molecule has 0 radical (unpaired) electrons. The quantitative estimate of drug-likeness (QED) is 0.440. The predicted octanol–water partition coefficient (Wildman–Crippen LogP) is 4.48. The highest BCUT2D eigenvalue weighted by molar-refractivity contribution is 5.97. The van der Waals surface area contributed by atoms with E-state index in [4.69, 9.17) is 4.74 Å². The van der Waals surface area contributed by atoms with Crippen LogP contribution in [0.15, 0.2) is 18.2 Å². The summed E-state index contributed by atoms with van der Waals surface area (Å²) in [4.78, 5) is 12.1. The van der Waals surface area contributed by atoms with Crippen molar-refractivity contribution in [3.63, 3.8) is 0 Å². The summed E-state index contributed by atoms with van der Waals surface area (Å²) in [5.74, 6) is 0.156. The molecular weight excluding hydrogens is 292 g/mol. The molecule has 0 aliphatic rings. The van der Waals surface area contributed by atoms with Crippen LogP contribution in [0, 0.1) is 0 Å². The van der Waals surface area contributed by atoms with Gasteiger partial charge < -0.3 is 14.9 Å². The fourth-order valence-corrected chi connectivity index (χ4v) is 2.62. The Morgan fingerprint density at radius 2 is 1.78 bits per heavy atom. The first-order valence-electron chi connectivity index (χ1n) is 8.66. The van der Waals surface area contributed by atoms with Crippen LogP contribution in [0.5, 0.6) is 11.5 Å². The molecule has 1 aromatic carbocycles. The molecule has 0 bridgehead atoms. The number of aliphatic hydroxyl groups is 1. The molecule has 0 amide bonds. The molecule has 4 heteroatoms. The Morgan fingerprint density at radius 3 is 2.43 bits per heavy atom. The molecule has 23 heavy (non-hydrogen) atoms. The van der Waals surface area contributed by atoms with Crippen molar-refractivity contribution < 1.29 is 19.7 Å². The minimum absolute atomic E-state index is 0.00710. The van der Waals surface area contributed by atoms with Crippen LogP contribution in [0.25, 0.3) is 0 Å². The van der Waals surface area contributed by atoms with Crippen LogP contribution < -0.4 is 4.74 Å². The number of aliphatic hydroxyl groups excluding tert-OH is 1. The van der Waals surface area contributed by atoms with Crippen molar-refractivity contribution in [1.29, 1.82) is 0 Å². The number of ether oxygens (including phenoxy) is 1. The number of Topliss-reactive ketones (excluding diaryl/α,β-unsaturated/α-hetero) is 1. The van der Waals surface area contributed by atoms with Crippen LogP contribution in [0.4, 0.5) is 0 Å². The number of unbranched alkanes of at least 4 members (excludes halogenated alkanes) is 6. The van der Waals surface area contributed by atoms with Gasteiger partial charge in [-0.25, -0.2) is 0 Å². The number of methoxy groups -OCH3 is 1. The summed E-state index contributed by atoms with van der Waals surface area (Å²) >= 11 is 0. The Kier molecular flexibility index (Phi) is 9.37. The van der Waals surface area contributed by atoms with Crippen LogP contribution in [-0.2, 0) is 0 Å². The zero-order valence-electron chi connectivity index (χ0n) is 14.4. The van der Waals surface area contributed by atoms with E-state index in [0.717, 1.165) is 12.8 Å². The highest BCUT2D eigenvalue weighted by atomic mass is 16.5. The number of phenols is 1. The van der Waals surface area contributed by atoms with Gasteiger partial charge in [-0.3, -0.25) is 4.79 Å². The summed E-state index contributed by atoms with van der Waals surface area (Å²) in [6, 6.07) is 4.51. The first-order valence-corrected chi connectivity index (χ1v) is 8.66. The lowest BCUT2D eigenvalue weighted by molar-refractivity contribution is 0.0863. The summed E-state index contributed by atoms with van der Waals surface area (Å²) in [6.07, 6.45) is 8.56. The highest BCUT2D eigenvalue weighted by Crippen LogP contribution is 2.27. The third-order valence-electron chi connectivity index (χ3n) is 4.06. The minimum atomic E-state index is -0.599. The minimum Gasteiger partial charge on any atom is -0.504 e. The van der Waals surface area contributed by atoms with Crippen molar-refractivity contribution in [2.45, 2.75) is 70.8 Å². The van der Waals surface area contributed by atoms with Gasteiger partial charge in [-0.2, -0.15) is 0 Å². The Balaban J connectivity index is 2.28. The summed E-state index contributed by atoms with van der Waals surface area (Å²) in [5, 5.41) is 19.5. The van der Waals surface area contributed by atoms with Gasteiger partial charge in [-0.05, 0) is 24.6 Å². The van der Waals surface area contributed by atoms with E-state index in [1.54, 1.807) is 6.07 Å². The smallest absolute Gasteiger partial charge is 0.165 e. The molecular formula is C19H30O4. The maximum atomic E-state index is 12.1. The number of hydrogen-bond donors (Lipinski definition) is 2. The third kappa shape index (κ3) is 7.51. The molecule has 1 aromatic rings. The van der Waals surface area contributed by atoms with Gasteiger partial charge in [0.05, 0.1) is 13.2 Å². The molecule has 2 N–H and O–H groups in total. The molecule has 0 aromatic heterocycles. The average Bonchev–Trinajstić information content (AvgIpc) is 2.54. The first kappa shape index (κ1) is 19.5. The molecule has 1 unspecified atom stereocenters. The molecule has 4 nitrogen and oxygen atoms in total. The zero-order valence-corrected chi connectivity index (χ0v) is 14.4. The van der Waals surface area contributed by atoms with E-state index >= 15 is 0 Å². The number of hydrogen-bond acceptors (Lipinski definition) is 4. The Hall–Kier alpha value is -1.55. The van der Waals surface area contributed by atoms with Gasteiger partial charge in [-0.15, -0.1) is 0 Å². The van der Waals surface area contributed by atoms with Crippen LogP contribution in [0.1, 0.15) is 75.1 Å². The van der Waals surface area contributed by atoms with Crippen LogP contribution in [0.2, 0.25) is 0 Å². The summed E-state index contributed by atoms with van der Waals surface area (Å²) in [7, 11) is 1.44. The number of ketones is 1. The second kappa shape index (κ2) is 11.1. The molecule has 0 aliphatic carbocycles. The first-order chi connectivity index (χ1) is 11.1. The molecule has 130 valence electrons. The van der Waals surface area contributed by atoms with Crippen LogP contribution >= 0.6 is 0 Å². The van der Waals surface area contributed by atoms with Gasteiger partial charge in [0.2, 0.25) is 0 Å². The molecule has 0 saturated heterocycles. The number of aromatic hydroxyl groups is 1. The summed E-state index contributed by atoms with van der Waals surface area (Å²) in [6.45, 7) is 2.21. The number of rotatable bonds is 12. The fraction of sp³-hybridized carbons (Fsp3) is 0.632. The Bertz CT molecular complexity index is 470. The number of phenolic OH excluding ortho intramolecular Hbond substituents is 1. The molecule has 0 spiro atoms. The fourth-order valence-electron chi connectivity index (χ4n) is 2.62. The maximum Gasteiger partial charge on any atom is 0.165 e. The van der Waals surface area contributed by atoms with Gasteiger partial charge in [0.1, 0.15) is 0 Å². The number of benzene rings is 1. The maximum absolute atomic E-state index is 12.1. The van der Waals surface area contributed by atoms with Gasteiger partial charge in [0.25, 0.3) is 0 Å². The van der Waals surface area contributed by atoms with Crippen molar-refractivity contribution in [1.82, 2.24) is 0 Å². The van der Waals surface area contributed by atoms with Crippen molar-refractivity contribution in [2.75, 3.05) is 7.11 Å². The monoisotopic (exact) mass is 322 g/mol. The number of carbonyl (C=O) groups is 1.